The average molecular weight is 360 g/mol. The Morgan fingerprint density at radius 2 is 1.81 bits per heavy atom. The zero-order chi connectivity index (χ0) is 19.2. The van der Waals surface area contributed by atoms with E-state index in [-0.39, 0.29) is 17.4 Å². The van der Waals surface area contributed by atoms with Gasteiger partial charge in [0.15, 0.2) is 0 Å². The Balaban J connectivity index is 1.74. The zero-order valence-electron chi connectivity index (χ0n) is 15.0. The number of carbonyl (C=O) groups excluding carboxylic acids is 2. The number of benzene rings is 2. The fraction of sp³-hybridized carbons (Fsp3) is 0.190. The summed E-state index contributed by atoms with van der Waals surface area (Å²) in [5, 5.41) is 15.1. The lowest BCUT2D eigenvalue weighted by Gasteiger charge is -2.29. The fourth-order valence-electron chi connectivity index (χ4n) is 3.04. The third-order valence-corrected chi connectivity index (χ3v) is 4.29. The van der Waals surface area contributed by atoms with Crippen LogP contribution in [0.4, 0.5) is 17.1 Å². The lowest BCUT2D eigenvalue weighted by atomic mass is 10.0. The zero-order valence-corrected chi connectivity index (χ0v) is 15.0. The molecule has 1 aliphatic rings. The van der Waals surface area contributed by atoms with E-state index in [2.05, 4.69) is 10.6 Å². The number of anilines is 3. The maximum Gasteiger partial charge on any atom is 0.270 e. The molecule has 6 nitrogen and oxygen atoms in total. The molecule has 0 aliphatic carbocycles. The molecule has 1 aliphatic heterocycles. The van der Waals surface area contributed by atoms with Gasteiger partial charge in [-0.15, -0.1) is 0 Å². The van der Waals surface area contributed by atoms with Crippen molar-refractivity contribution in [3.05, 3.63) is 65.9 Å². The Labute approximate surface area is 158 Å². The number of aryl methyl sites for hydroxylation is 1. The molecular formula is C21H20N4O2. The van der Waals surface area contributed by atoms with Crippen LogP contribution in [0.5, 0.6) is 0 Å². The Hall–Kier alpha value is -3.59. The molecule has 0 saturated carbocycles. The highest BCUT2D eigenvalue weighted by atomic mass is 16.2. The molecule has 0 spiro atoms. The molecule has 2 aromatic rings. The van der Waals surface area contributed by atoms with Crippen LogP contribution in [-0.2, 0) is 16.0 Å². The number of hydrogen-bond acceptors (Lipinski definition) is 4. The van der Waals surface area contributed by atoms with E-state index < -0.39 is 0 Å². The third-order valence-electron chi connectivity index (χ3n) is 4.29. The van der Waals surface area contributed by atoms with Gasteiger partial charge in [-0.25, -0.2) is 0 Å². The molecule has 6 heteroatoms. The van der Waals surface area contributed by atoms with Crippen LogP contribution < -0.4 is 15.5 Å². The highest BCUT2D eigenvalue weighted by molar-refractivity contribution is 6.09. The molecule has 2 N–H and O–H groups in total. The molecular weight excluding hydrogens is 340 g/mol. The second kappa shape index (κ2) is 8.19. The number of carbonyl (C=O) groups is 2. The molecule has 2 amide bonds. The largest absolute Gasteiger partial charge is 0.360 e. The number of hydrogen-bond donors (Lipinski definition) is 2. The van der Waals surface area contributed by atoms with Gasteiger partial charge in [-0.05, 0) is 48.7 Å². The van der Waals surface area contributed by atoms with E-state index in [1.165, 1.54) is 13.1 Å². The minimum absolute atomic E-state index is 0.0395. The van der Waals surface area contributed by atoms with Crippen LogP contribution in [0.2, 0.25) is 0 Å². The Bertz CT molecular complexity index is 926. The molecule has 0 radical (unpaired) electrons. The Kier molecular flexibility index (Phi) is 5.53. The minimum Gasteiger partial charge on any atom is -0.360 e. The van der Waals surface area contributed by atoms with Gasteiger partial charge in [0, 0.05) is 36.7 Å². The summed E-state index contributed by atoms with van der Waals surface area (Å²) in [6.45, 7) is 2.04. The standard InChI is InChI=1S/C21H20N4O2/c1-15(26)24-19-10-8-18(9-11-19)23-14-17(13-22)21(27)25-12-4-6-16-5-2-3-7-20(16)25/h2-3,5,7-11,14,23H,4,6,12H2,1H3,(H,24,26)/b17-14-. The van der Waals surface area contributed by atoms with Gasteiger partial charge in [0.05, 0.1) is 0 Å². The predicted molar refractivity (Wildman–Crippen MR) is 105 cm³/mol. The first-order chi connectivity index (χ1) is 13.1. The molecule has 0 saturated heterocycles. The summed E-state index contributed by atoms with van der Waals surface area (Å²) < 4.78 is 0. The van der Waals surface area contributed by atoms with Gasteiger partial charge in [-0.1, -0.05) is 18.2 Å². The normalized spacial score (nSPS) is 13.3. The second-order valence-corrected chi connectivity index (χ2v) is 6.26. The molecule has 2 aromatic carbocycles. The van der Waals surface area contributed by atoms with Crippen LogP contribution in [0.25, 0.3) is 0 Å². The summed E-state index contributed by atoms with van der Waals surface area (Å²) >= 11 is 0. The number of nitriles is 1. The van der Waals surface area contributed by atoms with Crippen molar-refractivity contribution in [2.75, 3.05) is 22.1 Å². The highest BCUT2D eigenvalue weighted by Gasteiger charge is 2.24. The maximum absolute atomic E-state index is 12.8. The molecule has 0 atom stereocenters. The van der Waals surface area contributed by atoms with Crippen molar-refractivity contribution in [1.29, 1.82) is 5.26 Å². The summed E-state index contributed by atoms with van der Waals surface area (Å²) in [4.78, 5) is 25.5. The number of fused-ring (bicyclic) bond motifs is 1. The topological polar surface area (TPSA) is 85.2 Å². The summed E-state index contributed by atoms with van der Waals surface area (Å²) in [7, 11) is 0. The van der Waals surface area contributed by atoms with Gasteiger partial charge >= 0.3 is 0 Å². The molecule has 0 unspecified atom stereocenters. The Morgan fingerprint density at radius 1 is 1.11 bits per heavy atom. The van der Waals surface area contributed by atoms with Crippen molar-refractivity contribution in [2.24, 2.45) is 0 Å². The predicted octanol–water partition coefficient (Wildman–Crippen LogP) is 3.44. The van der Waals surface area contributed by atoms with Gasteiger partial charge in [-0.2, -0.15) is 5.26 Å². The van der Waals surface area contributed by atoms with Crippen molar-refractivity contribution in [2.45, 2.75) is 19.8 Å². The summed E-state index contributed by atoms with van der Waals surface area (Å²) in [5.41, 5.74) is 3.42. The lowest BCUT2D eigenvalue weighted by Crippen LogP contribution is -2.36. The van der Waals surface area contributed by atoms with Crippen molar-refractivity contribution in [3.63, 3.8) is 0 Å². The van der Waals surface area contributed by atoms with Gasteiger partial charge < -0.3 is 15.5 Å². The van der Waals surface area contributed by atoms with E-state index in [0.29, 0.717) is 17.9 Å². The summed E-state index contributed by atoms with van der Waals surface area (Å²) in [5.74, 6) is -0.457. The highest BCUT2D eigenvalue weighted by Crippen LogP contribution is 2.27. The molecule has 136 valence electrons. The molecule has 0 fully saturated rings. The fourth-order valence-corrected chi connectivity index (χ4v) is 3.04. The monoisotopic (exact) mass is 360 g/mol. The number of para-hydroxylation sites is 1. The van der Waals surface area contributed by atoms with Crippen molar-refractivity contribution < 1.29 is 9.59 Å². The van der Waals surface area contributed by atoms with Crippen LogP contribution in [0.3, 0.4) is 0 Å². The second-order valence-electron chi connectivity index (χ2n) is 6.26. The van der Waals surface area contributed by atoms with E-state index in [0.717, 1.165) is 24.1 Å². The number of rotatable bonds is 4. The van der Waals surface area contributed by atoms with E-state index in [9.17, 15) is 14.9 Å². The Morgan fingerprint density at radius 3 is 2.52 bits per heavy atom. The smallest absolute Gasteiger partial charge is 0.270 e. The molecule has 1 heterocycles. The third kappa shape index (κ3) is 4.33. The molecule has 0 aromatic heterocycles. The van der Waals surface area contributed by atoms with E-state index in [1.807, 2.05) is 30.3 Å². The van der Waals surface area contributed by atoms with Crippen LogP contribution in [0.1, 0.15) is 18.9 Å². The van der Waals surface area contributed by atoms with Crippen molar-refractivity contribution in [3.8, 4) is 6.07 Å². The SMILES string of the molecule is CC(=O)Nc1ccc(N/C=C(/C#N)C(=O)N2CCCc3ccccc32)cc1. The first kappa shape index (κ1) is 18.2. The van der Waals surface area contributed by atoms with Gasteiger partial charge in [0.2, 0.25) is 5.91 Å². The molecule has 27 heavy (non-hydrogen) atoms. The van der Waals surface area contributed by atoms with Gasteiger partial charge in [-0.3, -0.25) is 9.59 Å². The maximum atomic E-state index is 12.8. The van der Waals surface area contributed by atoms with Crippen LogP contribution in [0, 0.1) is 11.3 Å². The lowest BCUT2D eigenvalue weighted by molar-refractivity contribution is -0.115. The van der Waals surface area contributed by atoms with Crippen LogP contribution >= 0.6 is 0 Å². The number of nitrogens with one attached hydrogen (secondary N) is 2. The van der Waals surface area contributed by atoms with Crippen molar-refractivity contribution in [1.82, 2.24) is 0 Å². The quantitative estimate of drug-likeness (QED) is 0.646. The first-order valence-electron chi connectivity index (χ1n) is 8.72. The summed E-state index contributed by atoms with van der Waals surface area (Å²) in [6, 6.07) is 16.8. The van der Waals surface area contributed by atoms with Crippen LogP contribution in [-0.4, -0.2) is 18.4 Å². The number of nitrogens with zero attached hydrogens (tertiary/aromatic N) is 2. The van der Waals surface area contributed by atoms with E-state index in [1.54, 1.807) is 29.2 Å². The van der Waals surface area contributed by atoms with Gasteiger partial charge in [0.1, 0.15) is 11.6 Å². The van der Waals surface area contributed by atoms with Gasteiger partial charge in [0.25, 0.3) is 5.91 Å². The summed E-state index contributed by atoms with van der Waals surface area (Å²) in [6.07, 6.45) is 3.23. The van der Waals surface area contributed by atoms with Crippen molar-refractivity contribution >= 4 is 28.9 Å². The average Bonchev–Trinajstić information content (AvgIpc) is 2.68. The molecule has 0 bridgehead atoms. The van der Waals surface area contributed by atoms with E-state index >= 15 is 0 Å². The van der Waals surface area contributed by atoms with E-state index in [4.69, 9.17) is 0 Å². The number of amides is 2. The minimum atomic E-state index is -0.313. The molecule has 3 rings (SSSR count). The van der Waals surface area contributed by atoms with Crippen LogP contribution in [0.15, 0.2) is 60.3 Å². The first-order valence-corrected chi connectivity index (χ1v) is 8.72.